The first-order chi connectivity index (χ1) is 14.7. The minimum Gasteiger partial charge on any atom is -0.373 e. The lowest BCUT2D eigenvalue weighted by atomic mass is 10.1. The Hall–Kier alpha value is -1.67. The second kappa shape index (κ2) is 10.6. The van der Waals surface area contributed by atoms with Crippen LogP contribution in [0.5, 0.6) is 0 Å². The van der Waals surface area contributed by atoms with Crippen molar-refractivity contribution in [3.63, 3.8) is 0 Å². The first-order valence-corrected chi connectivity index (χ1v) is 11.5. The van der Waals surface area contributed by atoms with E-state index >= 15 is 0 Å². The van der Waals surface area contributed by atoms with E-state index in [9.17, 15) is 0 Å². The molecule has 3 aliphatic heterocycles. The Morgan fingerprint density at radius 1 is 1.10 bits per heavy atom. The largest absolute Gasteiger partial charge is 0.373 e. The number of hydrogen-bond donors (Lipinski definition) is 1. The van der Waals surface area contributed by atoms with E-state index in [1.54, 1.807) is 0 Å². The molecular formula is C23H38N6O. The summed E-state index contributed by atoms with van der Waals surface area (Å²) >= 11 is 0. The van der Waals surface area contributed by atoms with E-state index in [2.05, 4.69) is 67.3 Å². The second-order valence-corrected chi connectivity index (χ2v) is 8.81. The van der Waals surface area contributed by atoms with Crippen molar-refractivity contribution in [3.8, 4) is 0 Å². The van der Waals surface area contributed by atoms with Gasteiger partial charge in [-0.15, -0.1) is 0 Å². The molecule has 30 heavy (non-hydrogen) atoms. The zero-order valence-electron chi connectivity index (χ0n) is 18.7. The molecule has 2 unspecified atom stereocenters. The summed E-state index contributed by atoms with van der Waals surface area (Å²) in [6.45, 7) is 11.5. The Morgan fingerprint density at radius 3 is 2.80 bits per heavy atom. The molecule has 0 saturated carbocycles. The fraction of sp³-hybridized carbons (Fsp3) is 0.696. The molecule has 0 spiro atoms. The summed E-state index contributed by atoms with van der Waals surface area (Å²) in [6.07, 6.45) is 1.53. The van der Waals surface area contributed by atoms with Gasteiger partial charge in [0.1, 0.15) is 0 Å². The summed E-state index contributed by atoms with van der Waals surface area (Å²) in [5, 5.41) is 3.61. The molecule has 1 N–H and O–H groups in total. The van der Waals surface area contributed by atoms with Gasteiger partial charge in [-0.05, 0) is 32.1 Å². The van der Waals surface area contributed by atoms with Gasteiger partial charge in [-0.3, -0.25) is 9.89 Å². The third-order valence-electron chi connectivity index (χ3n) is 6.68. The lowest BCUT2D eigenvalue weighted by Crippen LogP contribution is -2.50. The Morgan fingerprint density at radius 2 is 1.97 bits per heavy atom. The van der Waals surface area contributed by atoms with E-state index in [1.165, 1.54) is 31.6 Å². The van der Waals surface area contributed by atoms with Crippen molar-refractivity contribution in [1.29, 1.82) is 0 Å². The first kappa shape index (κ1) is 21.6. The molecule has 0 radical (unpaired) electrons. The number of morpholine rings is 1. The summed E-state index contributed by atoms with van der Waals surface area (Å²) in [5.74, 6) is 1.01. The second-order valence-electron chi connectivity index (χ2n) is 8.81. The van der Waals surface area contributed by atoms with Crippen molar-refractivity contribution in [2.45, 2.75) is 25.1 Å². The quantitative estimate of drug-likeness (QED) is 0.568. The molecule has 0 aromatic heterocycles. The smallest absolute Gasteiger partial charge is 0.193 e. The molecule has 4 rings (SSSR count). The average Bonchev–Trinajstić information content (AvgIpc) is 3.09. The molecule has 1 aromatic carbocycles. The fourth-order valence-corrected chi connectivity index (χ4v) is 4.93. The number of likely N-dealkylation sites (N-methyl/N-ethyl adjacent to an activating group) is 1. The molecule has 0 bridgehead atoms. The molecule has 3 heterocycles. The van der Waals surface area contributed by atoms with Gasteiger partial charge in [-0.25, -0.2) is 0 Å². The number of hydrogen-bond acceptors (Lipinski definition) is 5. The van der Waals surface area contributed by atoms with Crippen molar-refractivity contribution in [3.05, 3.63) is 35.9 Å². The molecule has 1 aromatic rings. The molecule has 3 saturated heterocycles. The highest BCUT2D eigenvalue weighted by Crippen LogP contribution is 2.24. The van der Waals surface area contributed by atoms with Crippen molar-refractivity contribution in [2.75, 3.05) is 79.6 Å². The van der Waals surface area contributed by atoms with Gasteiger partial charge < -0.3 is 24.8 Å². The van der Waals surface area contributed by atoms with Gasteiger partial charge in [0.05, 0.1) is 18.8 Å². The number of guanidine groups is 1. The SMILES string of the molecule is CN=C(NCCN1CCCN(C)CC1)N1CC2OCCN(Cc3ccccc3)C2C1. The first-order valence-electron chi connectivity index (χ1n) is 11.5. The highest BCUT2D eigenvalue weighted by atomic mass is 16.5. The van der Waals surface area contributed by atoms with E-state index in [-0.39, 0.29) is 6.10 Å². The number of ether oxygens (including phenoxy) is 1. The van der Waals surface area contributed by atoms with Crippen molar-refractivity contribution >= 4 is 5.96 Å². The van der Waals surface area contributed by atoms with E-state index in [4.69, 9.17) is 4.74 Å². The minimum absolute atomic E-state index is 0.266. The van der Waals surface area contributed by atoms with Gasteiger partial charge in [-0.1, -0.05) is 30.3 Å². The maximum Gasteiger partial charge on any atom is 0.193 e. The van der Waals surface area contributed by atoms with Crippen LogP contribution < -0.4 is 5.32 Å². The molecule has 0 amide bonds. The van der Waals surface area contributed by atoms with Crippen LogP contribution in [0.4, 0.5) is 0 Å². The van der Waals surface area contributed by atoms with E-state index in [0.29, 0.717) is 6.04 Å². The molecule has 166 valence electrons. The van der Waals surface area contributed by atoms with Crippen LogP contribution in [-0.2, 0) is 11.3 Å². The van der Waals surface area contributed by atoms with Crippen LogP contribution >= 0.6 is 0 Å². The summed E-state index contributed by atoms with van der Waals surface area (Å²) in [4.78, 5) is 14.6. The third kappa shape index (κ3) is 5.52. The maximum atomic E-state index is 6.14. The minimum atomic E-state index is 0.266. The molecule has 0 aliphatic carbocycles. The van der Waals surface area contributed by atoms with Crippen LogP contribution in [0.2, 0.25) is 0 Å². The molecule has 7 nitrogen and oxygen atoms in total. The standard InChI is InChI=1S/C23H38N6O/c1-24-23(25-9-12-27-11-6-10-26(2)13-14-27)29-18-21-22(19-29)30-16-15-28(21)17-20-7-4-3-5-8-20/h3-5,7-8,21-22H,6,9-19H2,1-2H3,(H,24,25). The highest BCUT2D eigenvalue weighted by molar-refractivity contribution is 5.80. The average molecular weight is 415 g/mol. The van der Waals surface area contributed by atoms with Crippen LogP contribution in [0, 0.1) is 0 Å². The molecule has 3 fully saturated rings. The Balaban J connectivity index is 1.28. The summed E-state index contributed by atoms with van der Waals surface area (Å²) in [6, 6.07) is 11.2. The molecule has 7 heteroatoms. The van der Waals surface area contributed by atoms with Crippen LogP contribution in [0.15, 0.2) is 35.3 Å². The number of aliphatic imine (C=N–C) groups is 1. The van der Waals surface area contributed by atoms with E-state index in [1.807, 2.05) is 7.05 Å². The maximum absolute atomic E-state index is 6.14. The molecular weight excluding hydrogens is 376 g/mol. The number of rotatable bonds is 5. The van der Waals surface area contributed by atoms with Gasteiger partial charge >= 0.3 is 0 Å². The number of nitrogens with one attached hydrogen (secondary N) is 1. The van der Waals surface area contributed by atoms with Crippen LogP contribution in [0.1, 0.15) is 12.0 Å². The van der Waals surface area contributed by atoms with Gasteiger partial charge in [0, 0.05) is 59.4 Å². The number of likely N-dealkylation sites (tertiary alicyclic amines) is 1. The molecule has 3 aliphatic rings. The zero-order chi connectivity index (χ0) is 20.8. The third-order valence-corrected chi connectivity index (χ3v) is 6.68. The van der Waals surface area contributed by atoms with Gasteiger partial charge in [0.2, 0.25) is 0 Å². The topological polar surface area (TPSA) is 46.6 Å². The van der Waals surface area contributed by atoms with Gasteiger partial charge in [0.25, 0.3) is 0 Å². The number of nitrogens with zero attached hydrogens (tertiary/aromatic N) is 5. The van der Waals surface area contributed by atoms with Gasteiger partial charge in [-0.2, -0.15) is 0 Å². The lowest BCUT2D eigenvalue weighted by Gasteiger charge is -2.36. The van der Waals surface area contributed by atoms with Crippen LogP contribution in [-0.4, -0.2) is 117 Å². The summed E-state index contributed by atoms with van der Waals surface area (Å²) in [7, 11) is 4.12. The lowest BCUT2D eigenvalue weighted by molar-refractivity contribution is -0.0502. The van der Waals surface area contributed by atoms with Gasteiger partial charge in [0.15, 0.2) is 5.96 Å². The normalized spacial score (nSPS) is 27.1. The predicted octanol–water partition coefficient (Wildman–Crippen LogP) is 0.785. The van der Waals surface area contributed by atoms with Crippen molar-refractivity contribution < 1.29 is 4.74 Å². The number of fused-ring (bicyclic) bond motifs is 1. The van der Waals surface area contributed by atoms with Crippen molar-refractivity contribution in [2.24, 2.45) is 4.99 Å². The van der Waals surface area contributed by atoms with Crippen LogP contribution in [0.3, 0.4) is 0 Å². The molecule has 2 atom stereocenters. The van der Waals surface area contributed by atoms with Crippen LogP contribution in [0.25, 0.3) is 0 Å². The highest BCUT2D eigenvalue weighted by Gasteiger charge is 2.41. The predicted molar refractivity (Wildman–Crippen MR) is 122 cm³/mol. The van der Waals surface area contributed by atoms with Crippen molar-refractivity contribution in [1.82, 2.24) is 24.9 Å². The summed E-state index contributed by atoms with van der Waals surface area (Å²) in [5.41, 5.74) is 1.38. The Bertz CT molecular complexity index is 684. The van der Waals surface area contributed by atoms with E-state index < -0.39 is 0 Å². The van der Waals surface area contributed by atoms with E-state index in [0.717, 1.165) is 58.4 Å². The fourth-order valence-electron chi connectivity index (χ4n) is 4.93. The number of benzene rings is 1. The summed E-state index contributed by atoms with van der Waals surface area (Å²) < 4.78 is 6.14. The monoisotopic (exact) mass is 414 g/mol. The Kier molecular flexibility index (Phi) is 7.60. The zero-order valence-corrected chi connectivity index (χ0v) is 18.7. The Labute approximate surface area is 181 Å².